The summed E-state index contributed by atoms with van der Waals surface area (Å²) in [7, 11) is 0. The monoisotopic (exact) mass is 352 g/mol. The van der Waals surface area contributed by atoms with Gasteiger partial charge in [0.1, 0.15) is 5.69 Å². The quantitative estimate of drug-likeness (QED) is 0.842. The van der Waals surface area contributed by atoms with Gasteiger partial charge in [-0.05, 0) is 69.5 Å². The number of hydrogen-bond donors (Lipinski definition) is 1. The maximum absolute atomic E-state index is 12.6. The summed E-state index contributed by atoms with van der Waals surface area (Å²) in [4.78, 5) is 21.1. The van der Waals surface area contributed by atoms with Crippen LogP contribution < -0.4 is 10.2 Å². The molecule has 0 radical (unpaired) electrons. The lowest BCUT2D eigenvalue weighted by molar-refractivity contribution is 0.0718. The minimum absolute atomic E-state index is 0.0326. The van der Waals surface area contributed by atoms with Crippen LogP contribution >= 0.6 is 0 Å². The van der Waals surface area contributed by atoms with E-state index in [1.165, 1.54) is 12.1 Å². The van der Waals surface area contributed by atoms with E-state index < -0.39 is 0 Å². The number of likely N-dealkylation sites (tertiary alicyclic amines) is 1. The number of hydrogen-bond acceptors (Lipinski definition) is 4. The van der Waals surface area contributed by atoms with E-state index in [1.807, 2.05) is 17.0 Å². The number of nitrogens with zero attached hydrogens (tertiary/aromatic N) is 3. The summed E-state index contributed by atoms with van der Waals surface area (Å²) in [6, 6.07) is 12.1. The van der Waals surface area contributed by atoms with Gasteiger partial charge < -0.3 is 15.1 Å². The molecule has 0 unspecified atom stereocenters. The maximum Gasteiger partial charge on any atom is 0.272 e. The van der Waals surface area contributed by atoms with Gasteiger partial charge in [0.2, 0.25) is 0 Å². The van der Waals surface area contributed by atoms with Gasteiger partial charge in [0.05, 0.1) is 0 Å². The predicted octanol–water partition coefficient (Wildman–Crippen LogP) is 4.30. The summed E-state index contributed by atoms with van der Waals surface area (Å²) in [5.41, 5.74) is 3.62. The molecule has 1 N–H and O–H groups in total. The van der Waals surface area contributed by atoms with Gasteiger partial charge in [-0.1, -0.05) is 0 Å². The normalized spacial score (nSPS) is 14.2. The summed E-state index contributed by atoms with van der Waals surface area (Å²) >= 11 is 0. The van der Waals surface area contributed by atoms with Crippen LogP contribution in [0.2, 0.25) is 0 Å². The highest BCUT2D eigenvalue weighted by Gasteiger charge is 2.19. The van der Waals surface area contributed by atoms with Crippen LogP contribution in [0.3, 0.4) is 0 Å². The first kappa shape index (κ1) is 18.2. The number of nitrogens with one attached hydrogen (secondary N) is 1. The van der Waals surface area contributed by atoms with Crippen LogP contribution in [0.25, 0.3) is 0 Å². The van der Waals surface area contributed by atoms with Gasteiger partial charge in [-0.15, -0.1) is 0 Å². The van der Waals surface area contributed by atoms with Gasteiger partial charge in [-0.3, -0.25) is 9.78 Å². The number of carbonyl (C=O) groups is 1. The van der Waals surface area contributed by atoms with Crippen molar-refractivity contribution in [1.29, 1.82) is 0 Å². The average molecular weight is 352 g/mol. The van der Waals surface area contributed by atoms with E-state index >= 15 is 0 Å². The van der Waals surface area contributed by atoms with Crippen molar-refractivity contribution >= 4 is 23.0 Å². The molecule has 5 nitrogen and oxygen atoms in total. The predicted molar refractivity (Wildman–Crippen MR) is 107 cm³/mol. The summed E-state index contributed by atoms with van der Waals surface area (Å²) < 4.78 is 0. The molecule has 0 bridgehead atoms. The summed E-state index contributed by atoms with van der Waals surface area (Å²) in [5, 5.41) is 3.38. The van der Waals surface area contributed by atoms with Crippen LogP contribution in [0.4, 0.5) is 17.1 Å². The molecule has 0 spiro atoms. The van der Waals surface area contributed by atoms with Crippen molar-refractivity contribution in [3.8, 4) is 0 Å². The molecule has 1 aliphatic heterocycles. The number of pyridine rings is 1. The van der Waals surface area contributed by atoms with Gasteiger partial charge in [-0.25, -0.2) is 0 Å². The van der Waals surface area contributed by atoms with E-state index in [9.17, 15) is 4.79 Å². The number of anilines is 3. The Morgan fingerprint density at radius 2 is 1.73 bits per heavy atom. The van der Waals surface area contributed by atoms with Crippen molar-refractivity contribution in [2.24, 2.45) is 0 Å². The molecule has 1 aromatic heterocycles. The molecule has 0 saturated carbocycles. The molecule has 0 aliphatic carbocycles. The van der Waals surface area contributed by atoms with E-state index in [-0.39, 0.29) is 5.91 Å². The van der Waals surface area contributed by atoms with E-state index in [4.69, 9.17) is 0 Å². The molecule has 2 heterocycles. The fraction of sp³-hybridized carbons (Fsp3) is 0.429. The lowest BCUT2D eigenvalue weighted by atomic mass is 10.1. The molecule has 1 saturated heterocycles. The Morgan fingerprint density at radius 1 is 1.04 bits per heavy atom. The Kier molecular flexibility index (Phi) is 6.10. The molecule has 26 heavy (non-hydrogen) atoms. The third-order valence-electron chi connectivity index (χ3n) is 4.91. The van der Waals surface area contributed by atoms with E-state index in [0.29, 0.717) is 5.69 Å². The standard InChI is InChI=1S/C21H28N4O/c1-3-24(4-2)19-10-8-17(9-11-19)23-18-12-13-22-20(16-18)21(26)25-14-6-5-7-15-25/h8-13,16H,3-7,14-15H2,1-2H3,(H,22,23). The SMILES string of the molecule is CCN(CC)c1ccc(Nc2ccnc(C(=O)N3CCCCC3)c2)cc1. The highest BCUT2D eigenvalue weighted by Crippen LogP contribution is 2.22. The van der Waals surface area contributed by atoms with E-state index in [0.717, 1.165) is 50.4 Å². The van der Waals surface area contributed by atoms with Crippen LogP contribution in [0.1, 0.15) is 43.6 Å². The summed E-state index contributed by atoms with van der Waals surface area (Å²) in [6.07, 6.45) is 5.08. The first-order chi connectivity index (χ1) is 12.7. The highest BCUT2D eigenvalue weighted by atomic mass is 16.2. The van der Waals surface area contributed by atoms with Crippen LogP contribution in [0.5, 0.6) is 0 Å². The second-order valence-corrected chi connectivity index (χ2v) is 6.63. The number of aromatic nitrogens is 1. The molecular formula is C21H28N4O. The van der Waals surface area contributed by atoms with Gasteiger partial charge in [0.25, 0.3) is 5.91 Å². The molecule has 1 aliphatic rings. The number of rotatable bonds is 6. The fourth-order valence-corrected chi connectivity index (χ4v) is 3.40. The van der Waals surface area contributed by atoms with Crippen LogP contribution in [0.15, 0.2) is 42.6 Å². The average Bonchev–Trinajstić information content (AvgIpc) is 2.70. The number of carbonyl (C=O) groups excluding carboxylic acids is 1. The molecule has 138 valence electrons. The van der Waals surface area contributed by atoms with Crippen LogP contribution in [0, 0.1) is 0 Å². The Labute approximate surface area is 156 Å². The van der Waals surface area contributed by atoms with Gasteiger partial charge in [-0.2, -0.15) is 0 Å². The zero-order valence-electron chi connectivity index (χ0n) is 15.7. The number of piperidine rings is 1. The Hall–Kier alpha value is -2.56. The smallest absolute Gasteiger partial charge is 0.272 e. The fourth-order valence-electron chi connectivity index (χ4n) is 3.40. The van der Waals surface area contributed by atoms with E-state index in [1.54, 1.807) is 6.20 Å². The van der Waals surface area contributed by atoms with Gasteiger partial charge >= 0.3 is 0 Å². The molecule has 1 amide bonds. The minimum Gasteiger partial charge on any atom is -0.372 e. The Bertz CT molecular complexity index is 719. The first-order valence-corrected chi connectivity index (χ1v) is 9.58. The van der Waals surface area contributed by atoms with E-state index in [2.05, 4.69) is 53.3 Å². The van der Waals surface area contributed by atoms with Crippen molar-refractivity contribution in [3.05, 3.63) is 48.3 Å². The zero-order valence-corrected chi connectivity index (χ0v) is 15.7. The number of benzene rings is 1. The Balaban J connectivity index is 1.69. The second kappa shape index (κ2) is 8.70. The van der Waals surface area contributed by atoms with Crippen molar-refractivity contribution in [2.75, 3.05) is 36.4 Å². The topological polar surface area (TPSA) is 48.5 Å². The van der Waals surface area contributed by atoms with Crippen molar-refractivity contribution in [1.82, 2.24) is 9.88 Å². The van der Waals surface area contributed by atoms with Crippen LogP contribution in [-0.4, -0.2) is 42.0 Å². The maximum atomic E-state index is 12.6. The molecular weight excluding hydrogens is 324 g/mol. The number of amides is 1. The lowest BCUT2D eigenvalue weighted by Gasteiger charge is -2.26. The zero-order chi connectivity index (χ0) is 18.4. The third kappa shape index (κ3) is 4.34. The van der Waals surface area contributed by atoms with Gasteiger partial charge in [0, 0.05) is 49.4 Å². The van der Waals surface area contributed by atoms with Crippen molar-refractivity contribution in [3.63, 3.8) is 0 Å². The summed E-state index contributed by atoms with van der Waals surface area (Å²) in [5.74, 6) is 0.0326. The molecule has 2 aromatic rings. The van der Waals surface area contributed by atoms with Gasteiger partial charge in [0.15, 0.2) is 0 Å². The molecule has 1 fully saturated rings. The van der Waals surface area contributed by atoms with Crippen molar-refractivity contribution < 1.29 is 4.79 Å². The Morgan fingerprint density at radius 3 is 2.38 bits per heavy atom. The summed E-state index contributed by atoms with van der Waals surface area (Å²) in [6.45, 7) is 7.99. The van der Waals surface area contributed by atoms with Crippen LogP contribution in [-0.2, 0) is 0 Å². The second-order valence-electron chi connectivity index (χ2n) is 6.63. The molecule has 5 heteroatoms. The first-order valence-electron chi connectivity index (χ1n) is 9.58. The highest BCUT2D eigenvalue weighted by molar-refractivity contribution is 5.93. The minimum atomic E-state index is 0.0326. The van der Waals surface area contributed by atoms with Crippen molar-refractivity contribution in [2.45, 2.75) is 33.1 Å². The third-order valence-corrected chi connectivity index (χ3v) is 4.91. The molecule has 1 aromatic carbocycles. The molecule has 0 atom stereocenters. The lowest BCUT2D eigenvalue weighted by Crippen LogP contribution is -2.36. The largest absolute Gasteiger partial charge is 0.372 e. The molecule has 3 rings (SSSR count).